The fourth-order valence-electron chi connectivity index (χ4n) is 4.22. The molecule has 172 valence electrons. The van der Waals surface area contributed by atoms with Gasteiger partial charge in [-0.3, -0.25) is 0 Å². The number of nitrogens with zero attached hydrogens (tertiary/aromatic N) is 1. The van der Waals surface area contributed by atoms with Gasteiger partial charge >= 0.3 is 5.97 Å². The van der Waals surface area contributed by atoms with Crippen molar-refractivity contribution in [2.24, 2.45) is 0 Å². The quantitative estimate of drug-likeness (QED) is 0.339. The first kappa shape index (κ1) is 22.6. The van der Waals surface area contributed by atoms with Gasteiger partial charge in [-0.2, -0.15) is 0 Å². The number of oxazole rings is 1. The van der Waals surface area contributed by atoms with Crippen LogP contribution in [0, 0.1) is 6.92 Å². The lowest BCUT2D eigenvalue weighted by Gasteiger charge is -2.22. The standard InChI is InChI=1S/C27H29NO5/c1-3-31-25(27(29)30)17-20-13-14-24(22-12-8-7-11-21(20)22)32-16-15-23-18(2)33-26(28-23)19-9-5-4-6-10-19/h4-6,9-10,13-14,17H,3,7-8,11-12,15-16H2,1-2H3,(H,29,30)/b25-17-. The van der Waals surface area contributed by atoms with Crippen LogP contribution in [0.15, 0.2) is 52.6 Å². The summed E-state index contributed by atoms with van der Waals surface area (Å²) in [5, 5.41) is 9.41. The second-order valence-corrected chi connectivity index (χ2v) is 8.05. The zero-order valence-corrected chi connectivity index (χ0v) is 19.1. The highest BCUT2D eigenvalue weighted by molar-refractivity contribution is 5.90. The molecule has 1 N–H and O–H groups in total. The molecule has 0 saturated heterocycles. The fourth-order valence-corrected chi connectivity index (χ4v) is 4.22. The van der Waals surface area contributed by atoms with E-state index in [0.29, 0.717) is 25.5 Å². The van der Waals surface area contributed by atoms with Crippen LogP contribution in [-0.4, -0.2) is 29.3 Å². The van der Waals surface area contributed by atoms with Crippen molar-refractivity contribution in [2.75, 3.05) is 13.2 Å². The molecular formula is C27H29NO5. The molecular weight excluding hydrogens is 418 g/mol. The lowest BCUT2D eigenvalue weighted by atomic mass is 9.87. The average molecular weight is 448 g/mol. The van der Waals surface area contributed by atoms with Gasteiger partial charge in [0.25, 0.3) is 0 Å². The van der Waals surface area contributed by atoms with Crippen molar-refractivity contribution in [3.63, 3.8) is 0 Å². The van der Waals surface area contributed by atoms with Crippen molar-refractivity contribution in [1.82, 2.24) is 4.98 Å². The van der Waals surface area contributed by atoms with Crippen molar-refractivity contribution in [3.05, 3.63) is 76.4 Å². The van der Waals surface area contributed by atoms with Crippen LogP contribution in [0.3, 0.4) is 0 Å². The fraction of sp³-hybridized carbons (Fsp3) is 0.333. The Kier molecular flexibility index (Phi) is 7.13. The minimum Gasteiger partial charge on any atom is -0.493 e. The highest BCUT2D eigenvalue weighted by Gasteiger charge is 2.19. The zero-order chi connectivity index (χ0) is 23.2. The van der Waals surface area contributed by atoms with Gasteiger partial charge in [0.2, 0.25) is 11.6 Å². The van der Waals surface area contributed by atoms with Gasteiger partial charge in [0.15, 0.2) is 0 Å². The smallest absolute Gasteiger partial charge is 0.371 e. The lowest BCUT2D eigenvalue weighted by molar-refractivity contribution is -0.136. The highest BCUT2D eigenvalue weighted by atomic mass is 16.5. The molecule has 2 aromatic carbocycles. The minimum atomic E-state index is -1.06. The van der Waals surface area contributed by atoms with Crippen LogP contribution in [0.5, 0.6) is 5.75 Å². The number of fused-ring (bicyclic) bond motifs is 1. The summed E-state index contributed by atoms with van der Waals surface area (Å²) in [4.78, 5) is 16.1. The van der Waals surface area contributed by atoms with E-state index < -0.39 is 5.97 Å². The summed E-state index contributed by atoms with van der Waals surface area (Å²) < 4.78 is 17.3. The molecule has 33 heavy (non-hydrogen) atoms. The van der Waals surface area contributed by atoms with Crippen molar-refractivity contribution in [2.45, 2.75) is 46.0 Å². The summed E-state index contributed by atoms with van der Waals surface area (Å²) in [5.41, 5.74) is 5.06. The molecule has 1 aromatic heterocycles. The molecule has 0 radical (unpaired) electrons. The number of benzene rings is 2. The van der Waals surface area contributed by atoms with E-state index in [1.807, 2.05) is 49.4 Å². The molecule has 0 amide bonds. The molecule has 0 unspecified atom stereocenters. The van der Waals surface area contributed by atoms with E-state index in [-0.39, 0.29) is 5.76 Å². The van der Waals surface area contributed by atoms with E-state index in [9.17, 15) is 9.90 Å². The molecule has 3 aromatic rings. The van der Waals surface area contributed by atoms with Crippen LogP contribution in [0.2, 0.25) is 0 Å². The second kappa shape index (κ2) is 10.4. The predicted octanol–water partition coefficient (Wildman–Crippen LogP) is 5.61. The number of carboxylic acid groups (broad SMARTS) is 1. The number of hydrogen-bond donors (Lipinski definition) is 1. The van der Waals surface area contributed by atoms with Crippen molar-refractivity contribution >= 4 is 12.0 Å². The third-order valence-corrected chi connectivity index (χ3v) is 5.84. The van der Waals surface area contributed by atoms with E-state index in [0.717, 1.165) is 65.1 Å². The third kappa shape index (κ3) is 5.28. The van der Waals surface area contributed by atoms with E-state index in [1.54, 1.807) is 13.0 Å². The summed E-state index contributed by atoms with van der Waals surface area (Å²) >= 11 is 0. The van der Waals surface area contributed by atoms with Gasteiger partial charge in [-0.15, -0.1) is 0 Å². The Morgan fingerprint density at radius 2 is 1.88 bits per heavy atom. The molecule has 0 fully saturated rings. The topological polar surface area (TPSA) is 81.8 Å². The normalized spacial score (nSPS) is 13.5. The molecule has 6 nitrogen and oxygen atoms in total. The molecule has 1 aliphatic carbocycles. The molecule has 4 rings (SSSR count). The predicted molar refractivity (Wildman–Crippen MR) is 126 cm³/mol. The third-order valence-electron chi connectivity index (χ3n) is 5.84. The van der Waals surface area contributed by atoms with Crippen molar-refractivity contribution in [1.29, 1.82) is 0 Å². The average Bonchev–Trinajstić information content (AvgIpc) is 3.21. The number of aliphatic carboxylic acids is 1. The molecule has 0 spiro atoms. The SMILES string of the molecule is CCO/C(=C\c1ccc(OCCc2nc(-c3ccccc3)oc2C)c2c1CCCC2)C(=O)O. The number of carbonyl (C=O) groups is 1. The van der Waals surface area contributed by atoms with Gasteiger partial charge in [0.05, 0.1) is 18.9 Å². The second-order valence-electron chi connectivity index (χ2n) is 8.05. The summed E-state index contributed by atoms with van der Waals surface area (Å²) in [7, 11) is 0. The van der Waals surface area contributed by atoms with Gasteiger partial charge in [-0.1, -0.05) is 24.3 Å². The molecule has 0 bridgehead atoms. The van der Waals surface area contributed by atoms with E-state index in [1.165, 1.54) is 0 Å². The number of carboxylic acids is 1. The van der Waals surface area contributed by atoms with Gasteiger partial charge in [-0.05, 0) is 80.5 Å². The number of ether oxygens (including phenoxy) is 2. The Labute approximate surface area is 193 Å². The summed E-state index contributed by atoms with van der Waals surface area (Å²) in [5.74, 6) is 1.20. The van der Waals surface area contributed by atoms with Crippen LogP contribution in [0.1, 0.15) is 47.9 Å². The van der Waals surface area contributed by atoms with Crippen LogP contribution >= 0.6 is 0 Å². The first-order valence-electron chi connectivity index (χ1n) is 11.4. The van der Waals surface area contributed by atoms with Crippen LogP contribution < -0.4 is 4.74 Å². The molecule has 1 heterocycles. The van der Waals surface area contributed by atoms with E-state index >= 15 is 0 Å². The maximum absolute atomic E-state index is 11.5. The molecule has 0 atom stereocenters. The first-order chi connectivity index (χ1) is 16.1. The number of aromatic nitrogens is 1. The lowest BCUT2D eigenvalue weighted by Crippen LogP contribution is -2.11. The Morgan fingerprint density at radius 3 is 2.61 bits per heavy atom. The van der Waals surface area contributed by atoms with Crippen LogP contribution in [0.25, 0.3) is 17.5 Å². The van der Waals surface area contributed by atoms with Gasteiger partial charge in [0, 0.05) is 12.0 Å². The Morgan fingerprint density at radius 1 is 1.12 bits per heavy atom. The summed E-state index contributed by atoms with van der Waals surface area (Å²) in [6, 6.07) is 13.7. The number of rotatable bonds is 9. The minimum absolute atomic E-state index is 0.0327. The summed E-state index contributed by atoms with van der Waals surface area (Å²) in [6.45, 7) is 4.51. The van der Waals surface area contributed by atoms with Gasteiger partial charge in [0.1, 0.15) is 11.5 Å². The maximum Gasteiger partial charge on any atom is 0.371 e. The Balaban J connectivity index is 1.50. The van der Waals surface area contributed by atoms with Gasteiger partial charge < -0.3 is 19.0 Å². The van der Waals surface area contributed by atoms with Gasteiger partial charge in [-0.25, -0.2) is 9.78 Å². The number of hydrogen-bond acceptors (Lipinski definition) is 5. The van der Waals surface area contributed by atoms with Crippen LogP contribution in [0.4, 0.5) is 0 Å². The molecule has 1 aliphatic rings. The molecule has 0 aliphatic heterocycles. The number of aryl methyl sites for hydroxylation is 1. The largest absolute Gasteiger partial charge is 0.493 e. The highest BCUT2D eigenvalue weighted by Crippen LogP contribution is 2.34. The van der Waals surface area contributed by atoms with E-state index in [4.69, 9.17) is 13.9 Å². The summed E-state index contributed by atoms with van der Waals surface area (Å²) in [6.07, 6.45) is 6.27. The van der Waals surface area contributed by atoms with Crippen molar-refractivity contribution in [3.8, 4) is 17.2 Å². The Bertz CT molecular complexity index is 1150. The molecule has 6 heteroatoms. The van der Waals surface area contributed by atoms with Crippen molar-refractivity contribution < 1.29 is 23.8 Å². The monoisotopic (exact) mass is 447 g/mol. The Hall–Kier alpha value is -3.54. The van der Waals surface area contributed by atoms with E-state index in [2.05, 4.69) is 4.98 Å². The molecule has 0 saturated carbocycles. The van der Waals surface area contributed by atoms with Crippen LogP contribution in [-0.2, 0) is 28.8 Å². The zero-order valence-electron chi connectivity index (χ0n) is 19.1. The first-order valence-corrected chi connectivity index (χ1v) is 11.4. The maximum atomic E-state index is 11.5.